The summed E-state index contributed by atoms with van der Waals surface area (Å²) in [5, 5.41) is 13.3. The average Bonchev–Trinajstić information content (AvgIpc) is 2.61. The summed E-state index contributed by atoms with van der Waals surface area (Å²) in [7, 11) is -3.79. The van der Waals surface area contributed by atoms with Gasteiger partial charge in [0.1, 0.15) is 0 Å². The highest BCUT2D eigenvalue weighted by Gasteiger charge is 2.15. The molecule has 0 unspecified atom stereocenters. The lowest BCUT2D eigenvalue weighted by atomic mass is 10.1. The van der Waals surface area contributed by atoms with Crippen molar-refractivity contribution in [2.24, 2.45) is 0 Å². The second-order valence-corrected chi connectivity index (χ2v) is 6.90. The van der Waals surface area contributed by atoms with Gasteiger partial charge in [0.25, 0.3) is 11.6 Å². The van der Waals surface area contributed by atoms with Gasteiger partial charge in [-0.15, -0.1) is 0 Å². The molecule has 0 atom stereocenters. The number of hydrogen-bond donors (Lipinski definition) is 2. The molecule has 0 saturated carbocycles. The van der Waals surface area contributed by atoms with Crippen molar-refractivity contribution in [3.8, 4) is 0 Å². The minimum Gasteiger partial charge on any atom is -0.352 e. The minimum absolute atomic E-state index is 0.0367. The Hall–Kier alpha value is -2.78. The van der Waals surface area contributed by atoms with Gasteiger partial charge in [0.2, 0.25) is 10.0 Å². The third-order valence-electron chi connectivity index (χ3n) is 3.38. The van der Waals surface area contributed by atoms with Gasteiger partial charge < -0.3 is 5.32 Å². The highest BCUT2D eigenvalue weighted by Crippen LogP contribution is 2.16. The Labute approximate surface area is 145 Å². The summed E-state index contributed by atoms with van der Waals surface area (Å²) in [6.07, 6.45) is 0. The van der Waals surface area contributed by atoms with E-state index >= 15 is 0 Å². The van der Waals surface area contributed by atoms with Crippen molar-refractivity contribution in [3.05, 3.63) is 69.8 Å². The van der Waals surface area contributed by atoms with E-state index in [0.29, 0.717) is 17.7 Å². The maximum absolute atomic E-state index is 12.2. The molecule has 0 aliphatic heterocycles. The second-order valence-electron chi connectivity index (χ2n) is 5.13. The van der Waals surface area contributed by atoms with E-state index < -0.39 is 14.9 Å². The SMILES string of the molecule is CCNC(=O)c1ccc(CNS(=O)(=O)c2ccc([N+](=O)[O-])cc2)cc1. The Kier molecular flexibility index (Phi) is 5.84. The summed E-state index contributed by atoms with van der Waals surface area (Å²) < 4.78 is 26.8. The summed E-state index contributed by atoms with van der Waals surface area (Å²) in [6, 6.07) is 11.2. The number of sulfonamides is 1. The number of hydrogen-bond acceptors (Lipinski definition) is 5. The first-order valence-electron chi connectivity index (χ1n) is 7.44. The van der Waals surface area contributed by atoms with Crippen LogP contribution in [0.5, 0.6) is 0 Å². The van der Waals surface area contributed by atoms with Crippen LogP contribution in [-0.4, -0.2) is 25.8 Å². The highest BCUT2D eigenvalue weighted by molar-refractivity contribution is 7.89. The van der Waals surface area contributed by atoms with Gasteiger partial charge >= 0.3 is 0 Å². The van der Waals surface area contributed by atoms with Gasteiger partial charge in [-0.25, -0.2) is 13.1 Å². The van der Waals surface area contributed by atoms with Gasteiger partial charge in [0.15, 0.2) is 0 Å². The van der Waals surface area contributed by atoms with Gasteiger partial charge in [-0.1, -0.05) is 12.1 Å². The van der Waals surface area contributed by atoms with Crippen LogP contribution >= 0.6 is 0 Å². The molecule has 2 aromatic carbocycles. The number of nitro groups is 1. The Balaban J connectivity index is 2.04. The fourth-order valence-corrected chi connectivity index (χ4v) is 3.06. The van der Waals surface area contributed by atoms with E-state index in [1.54, 1.807) is 24.3 Å². The lowest BCUT2D eigenvalue weighted by Gasteiger charge is -2.08. The van der Waals surface area contributed by atoms with Crippen LogP contribution in [0.25, 0.3) is 0 Å². The molecule has 0 bridgehead atoms. The van der Waals surface area contributed by atoms with Crippen LogP contribution in [0.4, 0.5) is 5.69 Å². The van der Waals surface area contributed by atoms with E-state index in [-0.39, 0.29) is 23.0 Å². The zero-order valence-corrected chi connectivity index (χ0v) is 14.2. The summed E-state index contributed by atoms with van der Waals surface area (Å²) in [4.78, 5) is 21.6. The molecule has 1 amide bonds. The van der Waals surface area contributed by atoms with Crippen LogP contribution < -0.4 is 10.0 Å². The van der Waals surface area contributed by atoms with Crippen molar-refractivity contribution in [2.45, 2.75) is 18.4 Å². The van der Waals surface area contributed by atoms with Gasteiger partial charge in [-0.05, 0) is 36.8 Å². The number of rotatable bonds is 7. The summed E-state index contributed by atoms with van der Waals surface area (Å²) in [5.74, 6) is -0.194. The first-order chi connectivity index (χ1) is 11.8. The number of non-ortho nitro benzene ring substituents is 1. The van der Waals surface area contributed by atoms with Gasteiger partial charge in [-0.3, -0.25) is 14.9 Å². The monoisotopic (exact) mass is 363 g/mol. The molecule has 9 heteroatoms. The molecule has 0 radical (unpaired) electrons. The van der Waals surface area contributed by atoms with Gasteiger partial charge in [0, 0.05) is 30.8 Å². The molecule has 0 spiro atoms. The minimum atomic E-state index is -3.79. The Bertz CT molecular complexity index is 862. The summed E-state index contributed by atoms with van der Waals surface area (Å²) >= 11 is 0. The van der Waals surface area contributed by atoms with Crippen molar-refractivity contribution < 1.29 is 18.1 Å². The van der Waals surface area contributed by atoms with E-state index in [2.05, 4.69) is 10.0 Å². The fourth-order valence-electron chi connectivity index (χ4n) is 2.05. The predicted molar refractivity (Wildman–Crippen MR) is 91.6 cm³/mol. The molecule has 0 saturated heterocycles. The van der Waals surface area contributed by atoms with Crippen molar-refractivity contribution >= 4 is 21.6 Å². The number of nitrogens with zero attached hydrogens (tertiary/aromatic N) is 1. The van der Waals surface area contributed by atoms with Crippen LogP contribution in [-0.2, 0) is 16.6 Å². The smallest absolute Gasteiger partial charge is 0.269 e. The topological polar surface area (TPSA) is 118 Å². The zero-order valence-electron chi connectivity index (χ0n) is 13.4. The highest BCUT2D eigenvalue weighted by atomic mass is 32.2. The number of carbonyl (C=O) groups is 1. The maximum Gasteiger partial charge on any atom is 0.269 e. The molecular weight excluding hydrogens is 346 g/mol. The molecule has 0 aliphatic rings. The van der Waals surface area contributed by atoms with Gasteiger partial charge in [0.05, 0.1) is 9.82 Å². The quantitative estimate of drug-likeness (QED) is 0.574. The molecular formula is C16H17N3O5S. The standard InChI is InChI=1S/C16H17N3O5S/c1-2-17-16(20)13-5-3-12(4-6-13)11-18-25(23,24)15-9-7-14(8-10-15)19(21)22/h3-10,18H,2,11H2,1H3,(H,17,20). The van der Waals surface area contributed by atoms with Crippen molar-refractivity contribution in [1.82, 2.24) is 10.0 Å². The average molecular weight is 363 g/mol. The van der Waals surface area contributed by atoms with Crippen LogP contribution in [0.3, 0.4) is 0 Å². The molecule has 8 nitrogen and oxygen atoms in total. The summed E-state index contributed by atoms with van der Waals surface area (Å²) in [6.45, 7) is 2.38. The van der Waals surface area contributed by atoms with E-state index in [1.807, 2.05) is 6.92 Å². The Morgan fingerprint density at radius 2 is 1.68 bits per heavy atom. The molecule has 0 aliphatic carbocycles. The van der Waals surface area contributed by atoms with E-state index in [9.17, 15) is 23.3 Å². The Morgan fingerprint density at radius 1 is 1.08 bits per heavy atom. The van der Waals surface area contributed by atoms with Crippen LogP contribution in [0.1, 0.15) is 22.8 Å². The molecule has 25 heavy (non-hydrogen) atoms. The van der Waals surface area contributed by atoms with Crippen molar-refractivity contribution in [1.29, 1.82) is 0 Å². The fraction of sp³-hybridized carbons (Fsp3) is 0.188. The molecule has 2 aromatic rings. The number of benzene rings is 2. The Morgan fingerprint density at radius 3 is 2.20 bits per heavy atom. The van der Waals surface area contributed by atoms with E-state index in [4.69, 9.17) is 0 Å². The van der Waals surface area contributed by atoms with Gasteiger partial charge in [-0.2, -0.15) is 0 Å². The number of nitro benzene ring substituents is 1. The predicted octanol–water partition coefficient (Wildman–Crippen LogP) is 1.82. The van der Waals surface area contributed by atoms with E-state index in [0.717, 1.165) is 12.1 Å². The number of amides is 1. The van der Waals surface area contributed by atoms with Crippen LogP contribution in [0.15, 0.2) is 53.4 Å². The maximum atomic E-state index is 12.2. The first kappa shape index (κ1) is 18.6. The molecule has 0 aromatic heterocycles. The van der Waals surface area contributed by atoms with Crippen molar-refractivity contribution in [2.75, 3.05) is 6.54 Å². The lowest BCUT2D eigenvalue weighted by Crippen LogP contribution is -2.24. The third kappa shape index (κ3) is 4.85. The molecule has 2 rings (SSSR count). The third-order valence-corrected chi connectivity index (χ3v) is 4.79. The largest absolute Gasteiger partial charge is 0.352 e. The van der Waals surface area contributed by atoms with Crippen LogP contribution in [0.2, 0.25) is 0 Å². The van der Waals surface area contributed by atoms with E-state index in [1.165, 1.54) is 12.1 Å². The second kappa shape index (κ2) is 7.86. The number of nitrogens with one attached hydrogen (secondary N) is 2. The molecule has 132 valence electrons. The molecule has 0 fully saturated rings. The normalized spacial score (nSPS) is 11.1. The lowest BCUT2D eigenvalue weighted by molar-refractivity contribution is -0.384. The summed E-state index contributed by atoms with van der Waals surface area (Å²) in [5.41, 5.74) is 0.988. The zero-order chi connectivity index (χ0) is 18.4. The molecule has 0 heterocycles. The number of carbonyl (C=O) groups excluding carboxylic acids is 1. The van der Waals surface area contributed by atoms with Crippen LogP contribution in [0, 0.1) is 10.1 Å². The molecule has 2 N–H and O–H groups in total. The van der Waals surface area contributed by atoms with Crippen molar-refractivity contribution in [3.63, 3.8) is 0 Å². The first-order valence-corrected chi connectivity index (χ1v) is 8.93.